The number of aromatic nitrogens is 1. The Hall–Kier alpha value is -4.04. The van der Waals surface area contributed by atoms with Crippen molar-refractivity contribution < 1.29 is 23.5 Å². The number of benzene rings is 3. The van der Waals surface area contributed by atoms with Crippen molar-refractivity contribution in [3.8, 4) is 22.8 Å². The number of nitrogens with zero attached hydrogens (tertiary/aromatic N) is 1. The molecular weight excluding hydrogens is 431 g/mol. The molecule has 0 aliphatic rings. The van der Waals surface area contributed by atoms with E-state index in [0.29, 0.717) is 22.3 Å². The van der Waals surface area contributed by atoms with Crippen LogP contribution < -0.4 is 10.1 Å². The highest BCUT2D eigenvalue weighted by Crippen LogP contribution is 2.26. The Morgan fingerprint density at radius 2 is 1.66 bits per heavy atom. The average molecular weight is 448 g/mol. The number of halogens is 1. The highest BCUT2D eigenvalue weighted by Gasteiger charge is 2.16. The summed E-state index contributed by atoms with van der Waals surface area (Å²) in [6.07, 6.45) is 0. The van der Waals surface area contributed by atoms with Crippen LogP contribution in [-0.4, -0.2) is 23.5 Å². The zero-order valence-corrected chi connectivity index (χ0v) is 17.5. The maximum atomic E-state index is 13.1. The van der Waals surface area contributed by atoms with Crippen molar-refractivity contribution in [3.05, 3.63) is 95.6 Å². The van der Waals surface area contributed by atoms with Gasteiger partial charge in [0.25, 0.3) is 5.91 Å². The summed E-state index contributed by atoms with van der Waals surface area (Å²) in [5.74, 6) is -0.646. The molecule has 0 fully saturated rings. The minimum atomic E-state index is -0.683. The molecule has 1 amide bonds. The van der Waals surface area contributed by atoms with Crippen molar-refractivity contribution in [1.82, 2.24) is 4.98 Å². The first kappa shape index (κ1) is 21.2. The van der Waals surface area contributed by atoms with Gasteiger partial charge in [-0.3, -0.25) is 10.1 Å². The minimum Gasteiger partial charge on any atom is -0.456 e. The van der Waals surface area contributed by atoms with Gasteiger partial charge in [0.2, 0.25) is 0 Å². The highest BCUT2D eigenvalue weighted by atomic mass is 32.1. The molecule has 1 heterocycles. The molecule has 4 aromatic rings. The lowest BCUT2D eigenvalue weighted by Crippen LogP contribution is -2.21. The third-order valence-corrected chi connectivity index (χ3v) is 5.06. The van der Waals surface area contributed by atoms with Gasteiger partial charge in [0.1, 0.15) is 22.9 Å². The van der Waals surface area contributed by atoms with E-state index in [-0.39, 0.29) is 11.4 Å². The molecule has 1 aromatic heterocycles. The van der Waals surface area contributed by atoms with E-state index in [1.54, 1.807) is 53.9 Å². The molecule has 1 N–H and O–H groups in total. The summed E-state index contributed by atoms with van der Waals surface area (Å²) < 4.78 is 24.0. The van der Waals surface area contributed by atoms with Crippen molar-refractivity contribution >= 4 is 28.3 Å². The smallest absolute Gasteiger partial charge is 0.342 e. The molecule has 160 valence electrons. The molecule has 4 rings (SSSR count). The maximum absolute atomic E-state index is 13.1. The molecule has 0 saturated heterocycles. The summed E-state index contributed by atoms with van der Waals surface area (Å²) in [5.41, 5.74) is 1.54. The predicted octanol–water partition coefficient (Wildman–Crippen LogP) is 5.54. The largest absolute Gasteiger partial charge is 0.456 e. The summed E-state index contributed by atoms with van der Waals surface area (Å²) in [5, 5.41) is 4.68. The standard InChI is InChI=1S/C24H17FN2O4S/c25-17-12-10-16(11-13-17)20-15-32-24(26-20)27-22(28)14-30-23(29)19-8-4-5-9-21(19)31-18-6-2-1-3-7-18/h1-13,15H,14H2,(H,26,27,28). The number of esters is 1. The van der Waals surface area contributed by atoms with Crippen molar-refractivity contribution in [3.63, 3.8) is 0 Å². The highest BCUT2D eigenvalue weighted by molar-refractivity contribution is 7.14. The van der Waals surface area contributed by atoms with Gasteiger partial charge in [-0.1, -0.05) is 30.3 Å². The molecule has 0 radical (unpaired) electrons. The van der Waals surface area contributed by atoms with E-state index in [9.17, 15) is 14.0 Å². The molecule has 32 heavy (non-hydrogen) atoms. The van der Waals surface area contributed by atoms with E-state index in [1.807, 2.05) is 18.2 Å². The van der Waals surface area contributed by atoms with E-state index >= 15 is 0 Å². The first-order valence-corrected chi connectivity index (χ1v) is 10.5. The van der Waals surface area contributed by atoms with Crippen LogP contribution >= 0.6 is 11.3 Å². The number of para-hydroxylation sites is 2. The fourth-order valence-corrected chi connectivity index (χ4v) is 3.52. The minimum absolute atomic E-state index is 0.206. The lowest BCUT2D eigenvalue weighted by molar-refractivity contribution is -0.119. The van der Waals surface area contributed by atoms with Gasteiger partial charge in [-0.15, -0.1) is 11.3 Å². The van der Waals surface area contributed by atoms with Gasteiger partial charge in [-0.05, 0) is 48.5 Å². The van der Waals surface area contributed by atoms with Crippen LogP contribution in [0.15, 0.2) is 84.2 Å². The van der Waals surface area contributed by atoms with Crippen LogP contribution in [0.1, 0.15) is 10.4 Å². The van der Waals surface area contributed by atoms with Gasteiger partial charge >= 0.3 is 5.97 Å². The van der Waals surface area contributed by atoms with Gasteiger partial charge < -0.3 is 9.47 Å². The number of ether oxygens (including phenoxy) is 2. The Morgan fingerprint density at radius 3 is 2.44 bits per heavy atom. The van der Waals surface area contributed by atoms with Crippen molar-refractivity contribution in [1.29, 1.82) is 0 Å². The predicted molar refractivity (Wildman–Crippen MR) is 119 cm³/mol. The average Bonchev–Trinajstić information content (AvgIpc) is 3.27. The molecule has 0 bridgehead atoms. The molecule has 0 aliphatic heterocycles. The van der Waals surface area contributed by atoms with Gasteiger partial charge in [0.05, 0.1) is 5.69 Å². The monoisotopic (exact) mass is 448 g/mol. The lowest BCUT2D eigenvalue weighted by Gasteiger charge is -2.10. The van der Waals surface area contributed by atoms with E-state index in [1.165, 1.54) is 23.5 Å². The first-order valence-electron chi connectivity index (χ1n) is 9.59. The van der Waals surface area contributed by atoms with Crippen molar-refractivity contribution in [2.24, 2.45) is 0 Å². The van der Waals surface area contributed by atoms with Gasteiger partial charge in [0.15, 0.2) is 11.7 Å². The fraction of sp³-hybridized carbons (Fsp3) is 0.0417. The fourth-order valence-electron chi connectivity index (χ4n) is 2.79. The molecule has 0 spiro atoms. The van der Waals surface area contributed by atoms with Crippen LogP contribution in [-0.2, 0) is 9.53 Å². The van der Waals surface area contributed by atoms with Crippen LogP contribution in [0.4, 0.5) is 9.52 Å². The number of hydrogen-bond acceptors (Lipinski definition) is 6. The Balaban J connectivity index is 1.35. The topological polar surface area (TPSA) is 77.5 Å². The van der Waals surface area contributed by atoms with Crippen LogP contribution in [0.5, 0.6) is 11.5 Å². The number of thiazole rings is 1. The number of carbonyl (C=O) groups excluding carboxylic acids is 2. The van der Waals surface area contributed by atoms with Gasteiger partial charge in [-0.2, -0.15) is 0 Å². The van der Waals surface area contributed by atoms with Crippen molar-refractivity contribution in [2.75, 3.05) is 11.9 Å². The summed E-state index contributed by atoms with van der Waals surface area (Å²) in [6, 6.07) is 21.6. The molecular formula is C24H17FN2O4S. The third kappa shape index (κ3) is 5.35. The Labute approximate surface area is 187 Å². The molecule has 0 saturated carbocycles. The third-order valence-electron chi connectivity index (χ3n) is 4.30. The summed E-state index contributed by atoms with van der Waals surface area (Å²) in [7, 11) is 0. The number of carbonyl (C=O) groups is 2. The summed E-state index contributed by atoms with van der Waals surface area (Å²) in [4.78, 5) is 29.0. The van der Waals surface area contributed by atoms with Crippen LogP contribution in [0, 0.1) is 5.82 Å². The van der Waals surface area contributed by atoms with Crippen molar-refractivity contribution in [2.45, 2.75) is 0 Å². The summed E-state index contributed by atoms with van der Waals surface area (Å²) >= 11 is 1.21. The quantitative estimate of drug-likeness (QED) is 0.376. The first-order chi connectivity index (χ1) is 15.6. The Kier molecular flexibility index (Phi) is 6.52. The SMILES string of the molecule is O=C(COC(=O)c1ccccc1Oc1ccccc1)Nc1nc(-c2ccc(F)cc2)cs1. The Bertz CT molecular complexity index is 1230. The summed E-state index contributed by atoms with van der Waals surface area (Å²) in [6.45, 7) is -0.482. The maximum Gasteiger partial charge on any atom is 0.342 e. The zero-order chi connectivity index (χ0) is 22.3. The molecule has 0 unspecified atom stereocenters. The van der Waals surface area contributed by atoms with Crippen LogP contribution in [0.25, 0.3) is 11.3 Å². The lowest BCUT2D eigenvalue weighted by atomic mass is 10.2. The van der Waals surface area contributed by atoms with E-state index in [4.69, 9.17) is 9.47 Å². The van der Waals surface area contributed by atoms with E-state index in [0.717, 1.165) is 5.56 Å². The van der Waals surface area contributed by atoms with Gasteiger partial charge in [-0.25, -0.2) is 14.2 Å². The number of hydrogen-bond donors (Lipinski definition) is 1. The zero-order valence-electron chi connectivity index (χ0n) is 16.7. The van der Waals surface area contributed by atoms with Gasteiger partial charge in [0, 0.05) is 10.9 Å². The number of anilines is 1. The number of rotatable bonds is 7. The molecule has 6 nitrogen and oxygen atoms in total. The number of nitrogens with one attached hydrogen (secondary N) is 1. The second kappa shape index (κ2) is 9.84. The van der Waals surface area contributed by atoms with E-state index in [2.05, 4.69) is 10.3 Å². The van der Waals surface area contributed by atoms with Crippen LogP contribution in [0.2, 0.25) is 0 Å². The molecule has 8 heteroatoms. The molecule has 0 aliphatic carbocycles. The molecule has 0 atom stereocenters. The molecule has 3 aromatic carbocycles. The number of amides is 1. The Morgan fingerprint density at radius 1 is 0.938 bits per heavy atom. The normalized spacial score (nSPS) is 10.4. The van der Waals surface area contributed by atoms with Crippen LogP contribution in [0.3, 0.4) is 0 Å². The second-order valence-electron chi connectivity index (χ2n) is 6.58. The van der Waals surface area contributed by atoms with E-state index < -0.39 is 18.5 Å². The second-order valence-corrected chi connectivity index (χ2v) is 7.44.